The number of imide groups is 1. The number of rotatable bonds is 13. The van der Waals surface area contributed by atoms with Gasteiger partial charge < -0.3 is 40.0 Å². The fourth-order valence-corrected chi connectivity index (χ4v) is 11.4. The molecule has 18 nitrogen and oxygen atoms in total. The van der Waals surface area contributed by atoms with Crippen LogP contribution >= 0.6 is 18.7 Å². The van der Waals surface area contributed by atoms with Gasteiger partial charge in [-0.2, -0.15) is 4.98 Å². The van der Waals surface area contributed by atoms with E-state index in [0.29, 0.717) is 71.1 Å². The predicted molar refractivity (Wildman–Crippen MR) is 262 cm³/mol. The lowest BCUT2D eigenvalue weighted by atomic mass is 10.0. The van der Waals surface area contributed by atoms with Crippen LogP contribution in [0.4, 0.5) is 43.3 Å². The van der Waals surface area contributed by atoms with E-state index in [2.05, 4.69) is 41.0 Å². The molecule has 70 heavy (non-hydrogen) atoms. The van der Waals surface area contributed by atoms with Crippen molar-refractivity contribution in [2.24, 2.45) is 0 Å². The Bertz CT molecular complexity index is 2770. The molecule has 5 aliphatic heterocycles. The lowest BCUT2D eigenvalue weighted by molar-refractivity contribution is -0.138. The van der Waals surface area contributed by atoms with E-state index in [1.807, 2.05) is 47.4 Å². The first-order valence-electron chi connectivity index (χ1n) is 23.3. The van der Waals surface area contributed by atoms with Crippen molar-refractivity contribution in [3.63, 3.8) is 0 Å². The van der Waals surface area contributed by atoms with Crippen LogP contribution in [-0.4, -0.2) is 156 Å². The van der Waals surface area contributed by atoms with Gasteiger partial charge in [0.05, 0.1) is 37.8 Å². The molecule has 370 valence electrons. The van der Waals surface area contributed by atoms with Crippen LogP contribution in [0.25, 0.3) is 0 Å². The first-order chi connectivity index (χ1) is 33.4. The largest absolute Gasteiger partial charge is 0.494 e. The van der Waals surface area contributed by atoms with Gasteiger partial charge in [-0.15, -0.1) is 0 Å². The van der Waals surface area contributed by atoms with Gasteiger partial charge in [0.1, 0.15) is 30.0 Å². The number of para-hydroxylation sites is 1. The van der Waals surface area contributed by atoms with Crippen molar-refractivity contribution in [1.29, 1.82) is 0 Å². The maximum Gasteiger partial charge on any atom is 0.267 e. The summed E-state index contributed by atoms with van der Waals surface area (Å²) in [6.07, 6.45) is 2.73. The molecule has 0 aliphatic carbocycles. The Morgan fingerprint density at radius 1 is 0.929 bits per heavy atom. The van der Waals surface area contributed by atoms with Gasteiger partial charge in [0.15, 0.2) is 5.82 Å². The molecule has 1 unspecified atom stereocenters. The molecule has 3 aromatic carbocycles. The van der Waals surface area contributed by atoms with Crippen LogP contribution in [-0.2, 0) is 30.3 Å². The van der Waals surface area contributed by atoms with Crippen LogP contribution in [0.15, 0.2) is 66.9 Å². The highest BCUT2D eigenvalue weighted by Gasteiger charge is 2.50. The number of piperidine rings is 2. The molecule has 6 heterocycles. The van der Waals surface area contributed by atoms with Gasteiger partial charge in [0, 0.05) is 98.6 Å². The molecule has 0 spiro atoms. The molecule has 5 aliphatic rings. The van der Waals surface area contributed by atoms with Gasteiger partial charge in [-0.25, -0.2) is 13.8 Å². The van der Waals surface area contributed by atoms with Gasteiger partial charge in [-0.3, -0.25) is 39.1 Å². The highest BCUT2D eigenvalue weighted by Crippen LogP contribution is 2.40. The molecule has 4 N–H and O–H groups in total. The Kier molecular flexibility index (Phi) is 13.9. The van der Waals surface area contributed by atoms with E-state index in [9.17, 15) is 37.3 Å². The Balaban J connectivity index is 0.759. The number of piperazine rings is 1. The Labute approximate surface area is 408 Å². The number of amides is 5. The average molecular weight is 1000 g/mol. The Morgan fingerprint density at radius 3 is 2.40 bits per heavy atom. The molecule has 0 radical (unpaired) electrons. The van der Waals surface area contributed by atoms with E-state index in [0.717, 1.165) is 36.5 Å². The molecular formula is C48H55ClF2N11O7P. The van der Waals surface area contributed by atoms with Gasteiger partial charge in [0.2, 0.25) is 29.6 Å². The van der Waals surface area contributed by atoms with Crippen molar-refractivity contribution in [2.45, 2.75) is 62.7 Å². The first-order valence-corrected chi connectivity index (χ1v) is 26.3. The van der Waals surface area contributed by atoms with Crippen molar-refractivity contribution in [2.75, 3.05) is 93.6 Å². The summed E-state index contributed by atoms with van der Waals surface area (Å²) in [5.74, 6) is -4.79. The summed E-state index contributed by atoms with van der Waals surface area (Å²) >= 11 is 6.48. The zero-order chi connectivity index (χ0) is 49.5. The van der Waals surface area contributed by atoms with Gasteiger partial charge in [-0.05, 0) is 69.0 Å². The minimum absolute atomic E-state index is 0.0148. The van der Waals surface area contributed by atoms with Gasteiger partial charge in [0.25, 0.3) is 11.8 Å². The number of nitrogens with zero attached hydrogens (tertiary/aromatic N) is 7. The zero-order valence-electron chi connectivity index (χ0n) is 39.1. The summed E-state index contributed by atoms with van der Waals surface area (Å²) in [4.78, 5) is 83.0. The number of benzene rings is 3. The number of ether oxygens (including phenoxy) is 1. The number of hydrogen-bond donors (Lipinski definition) is 4. The highest BCUT2D eigenvalue weighted by atomic mass is 35.5. The Hall–Kier alpha value is -6.21. The molecule has 4 fully saturated rings. The molecule has 4 saturated heterocycles. The number of likely N-dealkylation sites (tertiary alicyclic amines) is 1. The van der Waals surface area contributed by atoms with Crippen LogP contribution in [0.5, 0.6) is 5.75 Å². The molecule has 22 heteroatoms. The molecule has 2 atom stereocenters. The Morgan fingerprint density at radius 2 is 1.67 bits per heavy atom. The van der Waals surface area contributed by atoms with Crippen molar-refractivity contribution < 1.29 is 42.1 Å². The lowest BCUT2D eigenvalue weighted by Gasteiger charge is -2.43. The van der Waals surface area contributed by atoms with Gasteiger partial charge >= 0.3 is 0 Å². The second-order valence-corrected chi connectivity index (χ2v) is 22.3. The van der Waals surface area contributed by atoms with Crippen molar-refractivity contribution in [1.82, 2.24) is 34.9 Å². The standard InChI is InChI=1S/C48H55ClF2N11O7P/c1-69-39-23-30(11-12-35(39)55-47-52-25-33(49)43(57-47)53-36-8-4-5-10-40(36)70(2,3)68)59-17-15-29(16-18-59)60-21-19-58(20-22-60)27-42(64)62-28-48(50,51)24-38(62)45(66)54-34-9-6-7-31-32(34)26-61(46(31)67)37-13-14-41(63)56-44(37)65/h4-12,23,25,29,37-38H,13-22,24,26-28H2,1-3H3,(H,54,66)(H,56,63,65)(H2,52,53,55,57)/t37?,38-/m0/s1. The number of halogens is 3. The molecule has 0 saturated carbocycles. The zero-order valence-corrected chi connectivity index (χ0v) is 40.7. The van der Waals surface area contributed by atoms with E-state index >= 15 is 0 Å². The summed E-state index contributed by atoms with van der Waals surface area (Å²) in [7, 11) is -0.990. The summed E-state index contributed by atoms with van der Waals surface area (Å²) in [6.45, 7) is 6.58. The predicted octanol–water partition coefficient (Wildman–Crippen LogP) is 5.10. The third-order valence-electron chi connectivity index (χ3n) is 13.8. The normalized spacial score (nSPS) is 21.1. The molecule has 9 rings (SSSR count). The first kappa shape index (κ1) is 48.8. The van der Waals surface area contributed by atoms with Crippen LogP contribution in [0.3, 0.4) is 0 Å². The van der Waals surface area contributed by atoms with Crippen LogP contribution in [0.2, 0.25) is 5.02 Å². The van der Waals surface area contributed by atoms with Crippen molar-refractivity contribution in [3.8, 4) is 5.75 Å². The molecule has 4 aromatic rings. The summed E-state index contributed by atoms with van der Waals surface area (Å²) in [6, 6.07) is 16.0. The third-order valence-corrected chi connectivity index (χ3v) is 15.6. The van der Waals surface area contributed by atoms with Crippen LogP contribution < -0.4 is 36.2 Å². The number of carbonyl (C=O) groups is 5. The maximum atomic E-state index is 15.0. The fourth-order valence-electron chi connectivity index (χ4n) is 10.1. The number of aromatic nitrogens is 2. The molecular weight excluding hydrogens is 947 g/mol. The smallest absolute Gasteiger partial charge is 0.267 e. The van der Waals surface area contributed by atoms with E-state index in [1.165, 1.54) is 11.1 Å². The van der Waals surface area contributed by atoms with E-state index < -0.39 is 67.6 Å². The third kappa shape index (κ3) is 10.5. The highest BCUT2D eigenvalue weighted by molar-refractivity contribution is 7.70. The number of methoxy groups -OCH3 is 1. The van der Waals surface area contributed by atoms with Gasteiger partial charge in [-0.1, -0.05) is 29.8 Å². The van der Waals surface area contributed by atoms with E-state index in [4.69, 9.17) is 16.3 Å². The molecule has 0 bridgehead atoms. The summed E-state index contributed by atoms with van der Waals surface area (Å²) < 4.78 is 48.7. The number of anilines is 6. The van der Waals surface area contributed by atoms with Crippen molar-refractivity contribution >= 4 is 88.1 Å². The topological polar surface area (TPSA) is 202 Å². The second-order valence-electron chi connectivity index (χ2n) is 18.7. The summed E-state index contributed by atoms with van der Waals surface area (Å²) in [5, 5.41) is 12.4. The van der Waals surface area contributed by atoms with Crippen LogP contribution in [0.1, 0.15) is 48.0 Å². The molecule has 5 amide bonds. The fraction of sp³-hybridized carbons (Fsp3) is 0.438. The number of alkyl halides is 2. The quantitative estimate of drug-likeness (QED) is 0.102. The number of carbonyl (C=O) groups excluding carboxylic acids is 5. The molecule has 1 aromatic heterocycles. The minimum atomic E-state index is -3.27. The number of fused-ring (bicyclic) bond motifs is 1. The average Bonchev–Trinajstić information content (AvgIpc) is 3.86. The minimum Gasteiger partial charge on any atom is -0.494 e. The van der Waals surface area contributed by atoms with Crippen molar-refractivity contribution in [3.05, 3.63) is 83.0 Å². The van der Waals surface area contributed by atoms with Crippen LogP contribution in [0, 0.1) is 0 Å². The number of hydrogen-bond acceptors (Lipinski definition) is 14. The monoisotopic (exact) mass is 1000 g/mol. The summed E-state index contributed by atoms with van der Waals surface area (Å²) in [5.41, 5.74) is 3.24. The second kappa shape index (κ2) is 19.9. The lowest BCUT2D eigenvalue weighted by Crippen LogP contribution is -2.55. The SMILES string of the molecule is COc1cc(N2CCC(N3CCN(CC(=O)N4CC(F)(F)C[C@H]4C(=O)Nc4cccc5c4CN(C4CCC(=O)NC4=O)C5=O)CC3)CC2)ccc1Nc1ncc(Cl)c(Nc2ccccc2P(C)(C)=O)n1. The van der Waals surface area contributed by atoms with E-state index in [1.54, 1.807) is 38.6 Å². The number of nitrogens with one attached hydrogen (secondary N) is 4. The van der Waals surface area contributed by atoms with E-state index in [-0.39, 0.29) is 43.1 Å². The maximum absolute atomic E-state index is 15.0.